The Bertz CT molecular complexity index is 395. The summed E-state index contributed by atoms with van der Waals surface area (Å²) in [5.74, 6) is -2.01. The SMILES string of the molecule is CC1(C)CCCN(C(=O)N[C@@H](CC(N)=O)C(=O)O)CC1. The van der Waals surface area contributed by atoms with Crippen molar-refractivity contribution in [3.8, 4) is 0 Å². The Morgan fingerprint density at radius 2 is 1.95 bits per heavy atom. The van der Waals surface area contributed by atoms with Gasteiger partial charge in [0.2, 0.25) is 5.91 Å². The summed E-state index contributed by atoms with van der Waals surface area (Å²) in [6, 6.07) is -1.72. The van der Waals surface area contributed by atoms with Crippen LogP contribution in [0.3, 0.4) is 0 Å². The van der Waals surface area contributed by atoms with Gasteiger partial charge in [0.25, 0.3) is 0 Å². The average molecular weight is 285 g/mol. The van der Waals surface area contributed by atoms with Crippen LogP contribution in [0.15, 0.2) is 0 Å². The number of hydrogen-bond donors (Lipinski definition) is 3. The van der Waals surface area contributed by atoms with Gasteiger partial charge in [-0.05, 0) is 24.7 Å². The first-order chi connectivity index (χ1) is 9.21. The average Bonchev–Trinajstić information content (AvgIpc) is 2.48. The van der Waals surface area contributed by atoms with Crippen molar-refractivity contribution in [2.75, 3.05) is 13.1 Å². The molecule has 0 aliphatic carbocycles. The van der Waals surface area contributed by atoms with Gasteiger partial charge in [-0.1, -0.05) is 13.8 Å². The number of carboxylic acids is 1. The highest BCUT2D eigenvalue weighted by Crippen LogP contribution is 2.29. The largest absolute Gasteiger partial charge is 0.480 e. The van der Waals surface area contributed by atoms with Crippen LogP contribution in [-0.4, -0.2) is 47.0 Å². The van der Waals surface area contributed by atoms with Crippen LogP contribution in [0.5, 0.6) is 0 Å². The number of aliphatic carboxylic acids is 1. The smallest absolute Gasteiger partial charge is 0.326 e. The van der Waals surface area contributed by atoms with Crippen LogP contribution in [0.1, 0.15) is 39.5 Å². The van der Waals surface area contributed by atoms with E-state index in [-0.39, 0.29) is 5.41 Å². The number of rotatable bonds is 4. The van der Waals surface area contributed by atoms with E-state index in [1.165, 1.54) is 0 Å². The highest BCUT2D eigenvalue weighted by molar-refractivity contribution is 5.87. The molecule has 1 rings (SSSR count). The number of carbonyl (C=O) groups excluding carboxylic acids is 2. The Morgan fingerprint density at radius 3 is 2.50 bits per heavy atom. The first-order valence-electron chi connectivity index (χ1n) is 6.78. The number of nitrogens with two attached hydrogens (primary N) is 1. The fourth-order valence-electron chi connectivity index (χ4n) is 2.27. The highest BCUT2D eigenvalue weighted by Gasteiger charge is 2.28. The summed E-state index contributed by atoms with van der Waals surface area (Å²) in [6.45, 7) is 5.49. The number of nitrogens with one attached hydrogen (secondary N) is 1. The standard InChI is InChI=1S/C13H23N3O4/c1-13(2)4-3-6-16(7-5-13)12(20)15-9(11(18)19)8-10(14)17/h9H,3-8H2,1-2H3,(H2,14,17)(H,15,20)(H,18,19)/t9-/m0/s1. The summed E-state index contributed by atoms with van der Waals surface area (Å²) in [6.07, 6.45) is 2.38. The fourth-order valence-corrected chi connectivity index (χ4v) is 2.27. The molecule has 7 heteroatoms. The van der Waals surface area contributed by atoms with Crippen LogP contribution in [0.25, 0.3) is 0 Å². The second kappa shape index (κ2) is 6.58. The van der Waals surface area contributed by atoms with Gasteiger partial charge in [0.05, 0.1) is 6.42 Å². The minimum atomic E-state index is -1.27. The molecule has 0 aromatic heterocycles. The van der Waals surface area contributed by atoms with Gasteiger partial charge < -0.3 is 21.1 Å². The predicted molar refractivity (Wildman–Crippen MR) is 73.0 cm³/mol. The van der Waals surface area contributed by atoms with Crippen LogP contribution in [-0.2, 0) is 9.59 Å². The Balaban J connectivity index is 2.60. The molecule has 0 aromatic carbocycles. The number of nitrogens with zero attached hydrogens (tertiary/aromatic N) is 1. The molecule has 4 N–H and O–H groups in total. The second-order valence-electron chi connectivity index (χ2n) is 6.02. The lowest BCUT2D eigenvalue weighted by Gasteiger charge is -2.25. The molecular weight excluding hydrogens is 262 g/mol. The minimum absolute atomic E-state index is 0.189. The lowest BCUT2D eigenvalue weighted by molar-refractivity contribution is -0.140. The molecule has 1 saturated heterocycles. The van der Waals surface area contributed by atoms with E-state index in [0.717, 1.165) is 19.3 Å². The maximum atomic E-state index is 12.1. The molecule has 20 heavy (non-hydrogen) atoms. The van der Waals surface area contributed by atoms with Crippen LogP contribution >= 0.6 is 0 Å². The van der Waals surface area contributed by atoms with Crippen LogP contribution in [0.4, 0.5) is 4.79 Å². The summed E-state index contributed by atoms with van der Waals surface area (Å²) in [7, 11) is 0. The molecule has 0 unspecified atom stereocenters. The van der Waals surface area contributed by atoms with E-state index >= 15 is 0 Å². The molecule has 1 aliphatic rings. The van der Waals surface area contributed by atoms with E-state index < -0.39 is 30.4 Å². The maximum Gasteiger partial charge on any atom is 0.326 e. The van der Waals surface area contributed by atoms with Gasteiger partial charge >= 0.3 is 12.0 Å². The topological polar surface area (TPSA) is 113 Å². The molecule has 7 nitrogen and oxygen atoms in total. The summed E-state index contributed by atoms with van der Waals surface area (Å²) in [5.41, 5.74) is 5.17. The molecule has 0 bridgehead atoms. The number of urea groups is 1. The van der Waals surface area contributed by atoms with Crippen molar-refractivity contribution in [3.05, 3.63) is 0 Å². The van der Waals surface area contributed by atoms with Crippen molar-refractivity contribution < 1.29 is 19.5 Å². The number of carboxylic acid groups (broad SMARTS) is 1. The Labute approximate surface area is 118 Å². The molecule has 1 atom stereocenters. The number of likely N-dealkylation sites (tertiary alicyclic amines) is 1. The van der Waals surface area contributed by atoms with Gasteiger partial charge in [-0.25, -0.2) is 9.59 Å². The summed E-state index contributed by atoms with van der Waals surface area (Å²) in [4.78, 5) is 35.4. The molecule has 114 valence electrons. The van der Waals surface area contributed by atoms with Crippen molar-refractivity contribution in [1.82, 2.24) is 10.2 Å². The summed E-state index contributed by atoms with van der Waals surface area (Å²) in [5, 5.41) is 11.3. The van der Waals surface area contributed by atoms with Gasteiger partial charge in [0.1, 0.15) is 6.04 Å². The lowest BCUT2D eigenvalue weighted by atomic mass is 9.85. The molecule has 1 heterocycles. The zero-order valence-electron chi connectivity index (χ0n) is 12.0. The fraction of sp³-hybridized carbons (Fsp3) is 0.769. The second-order valence-corrected chi connectivity index (χ2v) is 6.02. The van der Waals surface area contributed by atoms with Crippen molar-refractivity contribution >= 4 is 17.9 Å². The van der Waals surface area contributed by atoms with E-state index in [1.54, 1.807) is 4.90 Å². The Kier molecular flexibility index (Phi) is 5.35. The van der Waals surface area contributed by atoms with E-state index in [0.29, 0.717) is 13.1 Å². The number of carbonyl (C=O) groups is 3. The third kappa shape index (κ3) is 5.07. The maximum absolute atomic E-state index is 12.1. The Hall–Kier alpha value is -1.79. The van der Waals surface area contributed by atoms with Crippen LogP contribution in [0, 0.1) is 5.41 Å². The van der Waals surface area contributed by atoms with E-state index in [9.17, 15) is 14.4 Å². The molecule has 1 fully saturated rings. The molecular formula is C13H23N3O4. The molecule has 0 aromatic rings. The first kappa shape index (κ1) is 16.3. The normalized spacial score (nSPS) is 19.8. The van der Waals surface area contributed by atoms with E-state index in [4.69, 9.17) is 10.8 Å². The van der Waals surface area contributed by atoms with E-state index in [2.05, 4.69) is 19.2 Å². The monoisotopic (exact) mass is 285 g/mol. The van der Waals surface area contributed by atoms with Gasteiger partial charge in [-0.15, -0.1) is 0 Å². The molecule has 0 radical (unpaired) electrons. The van der Waals surface area contributed by atoms with Gasteiger partial charge in [-0.2, -0.15) is 0 Å². The van der Waals surface area contributed by atoms with E-state index in [1.807, 2.05) is 0 Å². The third-order valence-corrected chi connectivity index (χ3v) is 3.63. The molecule has 3 amide bonds. The Morgan fingerprint density at radius 1 is 1.30 bits per heavy atom. The number of primary amides is 1. The number of amides is 3. The van der Waals surface area contributed by atoms with Crippen molar-refractivity contribution in [1.29, 1.82) is 0 Å². The van der Waals surface area contributed by atoms with Gasteiger partial charge in [-0.3, -0.25) is 4.79 Å². The quantitative estimate of drug-likeness (QED) is 0.699. The zero-order valence-corrected chi connectivity index (χ0v) is 12.0. The summed E-state index contributed by atoms with van der Waals surface area (Å²) >= 11 is 0. The molecule has 0 spiro atoms. The first-order valence-corrected chi connectivity index (χ1v) is 6.78. The number of hydrogen-bond acceptors (Lipinski definition) is 3. The van der Waals surface area contributed by atoms with Gasteiger partial charge in [0, 0.05) is 13.1 Å². The highest BCUT2D eigenvalue weighted by atomic mass is 16.4. The third-order valence-electron chi connectivity index (χ3n) is 3.63. The zero-order chi connectivity index (χ0) is 15.3. The molecule has 0 saturated carbocycles. The van der Waals surface area contributed by atoms with Gasteiger partial charge in [0.15, 0.2) is 0 Å². The predicted octanol–water partition coefficient (Wildman–Crippen LogP) is 0.537. The van der Waals surface area contributed by atoms with Crippen LogP contribution in [0.2, 0.25) is 0 Å². The van der Waals surface area contributed by atoms with Crippen molar-refractivity contribution in [2.24, 2.45) is 11.1 Å². The lowest BCUT2D eigenvalue weighted by Crippen LogP contribution is -2.49. The summed E-state index contributed by atoms with van der Waals surface area (Å²) < 4.78 is 0. The minimum Gasteiger partial charge on any atom is -0.480 e. The molecule has 1 aliphatic heterocycles. The van der Waals surface area contributed by atoms with Crippen molar-refractivity contribution in [2.45, 2.75) is 45.6 Å². The van der Waals surface area contributed by atoms with Crippen LogP contribution < -0.4 is 11.1 Å². The van der Waals surface area contributed by atoms with Crippen molar-refractivity contribution in [3.63, 3.8) is 0 Å².